The molecule has 2 N–H and O–H groups in total. The molecule has 0 fully saturated rings. The number of aromatic amines is 1. The lowest BCUT2D eigenvalue weighted by Gasteiger charge is -2.08. The van der Waals surface area contributed by atoms with Crippen LogP contribution < -0.4 is 5.56 Å². The molecule has 0 aliphatic carbocycles. The van der Waals surface area contributed by atoms with Gasteiger partial charge in [0.25, 0.3) is 11.4 Å². The van der Waals surface area contributed by atoms with E-state index in [9.17, 15) is 9.59 Å². The van der Waals surface area contributed by atoms with E-state index in [4.69, 9.17) is 16.7 Å². The number of benzene rings is 1. The van der Waals surface area contributed by atoms with Gasteiger partial charge in [0, 0.05) is 5.02 Å². The molecule has 11 heteroatoms. The molecule has 0 saturated carbocycles. The molecule has 0 saturated heterocycles. The first-order valence-corrected chi connectivity index (χ1v) is 6.63. The van der Waals surface area contributed by atoms with Crippen molar-refractivity contribution in [1.82, 2.24) is 34.3 Å². The molecule has 0 unspecified atom stereocenters. The molecule has 0 aliphatic rings. The van der Waals surface area contributed by atoms with E-state index in [1.165, 1.54) is 23.2 Å². The zero-order valence-corrected chi connectivity index (χ0v) is 11.9. The van der Waals surface area contributed by atoms with Crippen molar-refractivity contribution in [2.24, 2.45) is 0 Å². The van der Waals surface area contributed by atoms with Crippen molar-refractivity contribution in [3.63, 3.8) is 0 Å². The highest BCUT2D eigenvalue weighted by Gasteiger charge is 2.18. The maximum absolute atomic E-state index is 12.1. The number of fused-ring (bicyclic) bond motifs is 3. The zero-order chi connectivity index (χ0) is 16.1. The number of aromatic carboxylic acids is 1. The first-order chi connectivity index (χ1) is 11.0. The van der Waals surface area contributed by atoms with Crippen molar-refractivity contribution in [2.45, 2.75) is 0 Å². The fourth-order valence-electron chi connectivity index (χ4n) is 2.31. The van der Waals surface area contributed by atoms with Crippen molar-refractivity contribution in [3.05, 3.63) is 46.0 Å². The second-order valence-electron chi connectivity index (χ2n) is 4.62. The first-order valence-electron chi connectivity index (χ1n) is 6.25. The largest absolute Gasteiger partial charge is 0.475 e. The number of carboxylic acid groups (broad SMARTS) is 1. The summed E-state index contributed by atoms with van der Waals surface area (Å²) in [4.78, 5) is 29.5. The molecular formula is C12H6ClN7O3. The number of aromatic nitrogens is 7. The lowest BCUT2D eigenvalue weighted by atomic mass is 10.2. The van der Waals surface area contributed by atoms with Crippen LogP contribution in [-0.4, -0.2) is 45.4 Å². The van der Waals surface area contributed by atoms with Crippen molar-refractivity contribution in [3.8, 4) is 5.69 Å². The molecule has 0 radical (unpaired) electrons. The van der Waals surface area contributed by atoms with Crippen LogP contribution in [0.15, 0.2) is 29.6 Å². The molecule has 114 valence electrons. The van der Waals surface area contributed by atoms with Gasteiger partial charge in [0.1, 0.15) is 18.2 Å². The van der Waals surface area contributed by atoms with Gasteiger partial charge < -0.3 is 10.1 Å². The second-order valence-corrected chi connectivity index (χ2v) is 5.06. The van der Waals surface area contributed by atoms with Crippen LogP contribution in [-0.2, 0) is 0 Å². The van der Waals surface area contributed by atoms with Gasteiger partial charge in [0.15, 0.2) is 0 Å². The Morgan fingerprint density at radius 1 is 1.26 bits per heavy atom. The molecule has 0 amide bonds. The van der Waals surface area contributed by atoms with Crippen LogP contribution in [0.3, 0.4) is 0 Å². The van der Waals surface area contributed by atoms with E-state index in [-0.39, 0.29) is 5.65 Å². The highest BCUT2D eigenvalue weighted by atomic mass is 35.5. The molecule has 23 heavy (non-hydrogen) atoms. The Morgan fingerprint density at radius 3 is 2.70 bits per heavy atom. The number of carboxylic acids is 1. The summed E-state index contributed by atoms with van der Waals surface area (Å²) in [6.07, 6.45) is 2.88. The zero-order valence-electron chi connectivity index (χ0n) is 11.1. The molecule has 0 spiro atoms. The first kappa shape index (κ1) is 13.4. The minimum absolute atomic E-state index is 0.133. The van der Waals surface area contributed by atoms with Gasteiger partial charge in [-0.3, -0.25) is 9.36 Å². The van der Waals surface area contributed by atoms with E-state index in [1.807, 2.05) is 0 Å². The number of nitrogens with one attached hydrogen (secondary N) is 1. The average molecular weight is 332 g/mol. The van der Waals surface area contributed by atoms with Gasteiger partial charge in [-0.1, -0.05) is 11.6 Å². The summed E-state index contributed by atoms with van der Waals surface area (Å²) in [7, 11) is 0. The molecule has 3 aromatic heterocycles. The van der Waals surface area contributed by atoms with Crippen LogP contribution in [0, 0.1) is 0 Å². The van der Waals surface area contributed by atoms with Gasteiger partial charge in [0.2, 0.25) is 5.65 Å². The van der Waals surface area contributed by atoms with Crippen LogP contribution in [0.25, 0.3) is 22.4 Å². The molecule has 3 heterocycles. The molecule has 4 rings (SSSR count). The van der Waals surface area contributed by atoms with E-state index >= 15 is 0 Å². The molecule has 0 bridgehead atoms. The molecular weight excluding hydrogens is 326 g/mol. The van der Waals surface area contributed by atoms with E-state index in [0.29, 0.717) is 21.7 Å². The Balaban J connectivity index is 2.24. The Labute approximate surface area is 131 Å². The molecule has 0 atom stereocenters. The quantitative estimate of drug-likeness (QED) is 0.546. The average Bonchev–Trinajstić information content (AvgIpc) is 3.16. The Hall–Kier alpha value is -3.27. The lowest BCUT2D eigenvalue weighted by Crippen LogP contribution is -2.13. The highest BCUT2D eigenvalue weighted by Crippen LogP contribution is 2.25. The number of H-pyrrole nitrogens is 1. The summed E-state index contributed by atoms with van der Waals surface area (Å²) in [5, 5.41) is 20.8. The fourth-order valence-corrected chi connectivity index (χ4v) is 2.52. The third-order valence-electron chi connectivity index (χ3n) is 3.21. The van der Waals surface area contributed by atoms with Crippen LogP contribution in [0.5, 0.6) is 0 Å². The topological polar surface area (TPSA) is 131 Å². The summed E-state index contributed by atoms with van der Waals surface area (Å²) in [5.74, 6) is -1.81. The number of hydrogen-bond acceptors (Lipinski definition) is 6. The van der Waals surface area contributed by atoms with Crippen molar-refractivity contribution >= 4 is 34.3 Å². The summed E-state index contributed by atoms with van der Waals surface area (Å²) >= 11 is 6.08. The number of hydrogen-bond donors (Lipinski definition) is 2. The van der Waals surface area contributed by atoms with Crippen LogP contribution >= 0.6 is 11.6 Å². The second kappa shape index (κ2) is 4.61. The number of halogens is 1. The standard InChI is InChI=1S/C12H6ClN7O3/c13-5-1-6-8(7(2-5)19-3-14-15-4-19)20-10(11(21)16-6)17-9(18-20)12(22)23/h1-4H,(H,16,21)(H,22,23). The van der Waals surface area contributed by atoms with Gasteiger partial charge in [-0.25, -0.2) is 9.31 Å². The summed E-state index contributed by atoms with van der Waals surface area (Å²) in [6.45, 7) is 0. The Bertz CT molecular complexity index is 1130. The molecule has 0 aliphatic heterocycles. The predicted molar refractivity (Wildman–Crippen MR) is 78.0 cm³/mol. The van der Waals surface area contributed by atoms with Crippen LogP contribution in [0.4, 0.5) is 0 Å². The smallest absolute Gasteiger partial charge is 0.375 e. The Kier molecular flexibility index (Phi) is 2.69. The number of nitrogens with zero attached hydrogens (tertiary/aromatic N) is 6. The minimum Gasteiger partial charge on any atom is -0.475 e. The van der Waals surface area contributed by atoms with Gasteiger partial charge in [0.05, 0.1) is 11.2 Å². The number of carbonyl (C=O) groups is 1. The van der Waals surface area contributed by atoms with E-state index in [0.717, 1.165) is 0 Å². The molecule has 4 aromatic rings. The lowest BCUT2D eigenvalue weighted by molar-refractivity contribution is 0.0684. The minimum atomic E-state index is -1.33. The van der Waals surface area contributed by atoms with Gasteiger partial charge >= 0.3 is 5.97 Å². The van der Waals surface area contributed by atoms with Gasteiger partial charge in [-0.2, -0.15) is 4.98 Å². The number of rotatable bonds is 2. The SMILES string of the molecule is O=C(O)c1nc2c(=O)[nH]c3cc(Cl)cc(-n4cnnc4)c3n2n1. The normalized spacial score (nSPS) is 11.3. The summed E-state index contributed by atoms with van der Waals surface area (Å²) in [6, 6.07) is 3.15. The highest BCUT2D eigenvalue weighted by molar-refractivity contribution is 6.31. The predicted octanol–water partition coefficient (Wildman–Crippen LogP) is 0.503. The monoisotopic (exact) mass is 331 g/mol. The van der Waals surface area contributed by atoms with E-state index in [1.54, 1.807) is 10.6 Å². The summed E-state index contributed by atoms with van der Waals surface area (Å²) in [5.41, 5.74) is 0.603. The van der Waals surface area contributed by atoms with Crippen LogP contribution in [0.2, 0.25) is 5.02 Å². The van der Waals surface area contributed by atoms with Crippen LogP contribution in [0.1, 0.15) is 10.6 Å². The fraction of sp³-hybridized carbons (Fsp3) is 0. The van der Waals surface area contributed by atoms with Gasteiger partial charge in [-0.05, 0) is 12.1 Å². The molecule has 1 aromatic carbocycles. The maximum atomic E-state index is 12.1. The van der Waals surface area contributed by atoms with Gasteiger partial charge in [-0.15, -0.1) is 15.3 Å². The summed E-state index contributed by atoms with van der Waals surface area (Å²) < 4.78 is 2.73. The third-order valence-corrected chi connectivity index (χ3v) is 3.43. The Morgan fingerprint density at radius 2 is 2.00 bits per heavy atom. The van der Waals surface area contributed by atoms with Crippen molar-refractivity contribution in [1.29, 1.82) is 0 Å². The van der Waals surface area contributed by atoms with Crippen molar-refractivity contribution < 1.29 is 9.90 Å². The third kappa shape index (κ3) is 1.96. The van der Waals surface area contributed by atoms with Crippen molar-refractivity contribution in [2.75, 3.05) is 0 Å². The maximum Gasteiger partial charge on any atom is 0.375 e. The molecule has 10 nitrogen and oxygen atoms in total. The van der Waals surface area contributed by atoms with E-state index in [2.05, 4.69) is 25.3 Å². The van der Waals surface area contributed by atoms with E-state index < -0.39 is 17.4 Å².